The number of benzene rings is 1. The van der Waals surface area contributed by atoms with E-state index >= 15 is 0 Å². The van der Waals surface area contributed by atoms with Gasteiger partial charge >= 0.3 is 0 Å². The molecule has 0 bridgehead atoms. The summed E-state index contributed by atoms with van der Waals surface area (Å²) in [6.07, 6.45) is 3.57. The van der Waals surface area contributed by atoms with Crippen LogP contribution < -0.4 is 5.32 Å². The van der Waals surface area contributed by atoms with Crippen LogP contribution in [0.15, 0.2) is 40.8 Å². The van der Waals surface area contributed by atoms with Crippen LogP contribution in [0.4, 0.5) is 0 Å². The summed E-state index contributed by atoms with van der Waals surface area (Å²) in [6, 6.07) is 11.8. The SMILES string of the molecule is Cc1ccc([C@H](CNC(=O)CCc2cccc(Cl)c2)N2CCCC2)o1. The van der Waals surface area contributed by atoms with Gasteiger partial charge in [-0.3, -0.25) is 9.69 Å². The number of hydrogen-bond acceptors (Lipinski definition) is 3. The van der Waals surface area contributed by atoms with Gasteiger partial charge in [-0.2, -0.15) is 0 Å². The van der Waals surface area contributed by atoms with Crippen LogP contribution in [0.1, 0.15) is 42.4 Å². The molecule has 1 N–H and O–H groups in total. The van der Waals surface area contributed by atoms with Gasteiger partial charge in [0.15, 0.2) is 0 Å². The van der Waals surface area contributed by atoms with E-state index in [1.807, 2.05) is 43.3 Å². The Morgan fingerprint density at radius 2 is 2.08 bits per heavy atom. The first-order valence-corrected chi connectivity index (χ1v) is 9.31. The maximum atomic E-state index is 12.3. The highest BCUT2D eigenvalue weighted by molar-refractivity contribution is 6.30. The average molecular weight is 361 g/mol. The van der Waals surface area contributed by atoms with Gasteiger partial charge in [0.2, 0.25) is 5.91 Å². The number of furan rings is 1. The third-order valence-electron chi connectivity index (χ3n) is 4.69. The zero-order valence-corrected chi connectivity index (χ0v) is 15.4. The molecular formula is C20H25ClN2O2. The molecule has 25 heavy (non-hydrogen) atoms. The van der Waals surface area contributed by atoms with Gasteiger partial charge in [-0.25, -0.2) is 0 Å². The van der Waals surface area contributed by atoms with Crippen LogP contribution in [0.25, 0.3) is 0 Å². The van der Waals surface area contributed by atoms with E-state index in [1.165, 1.54) is 12.8 Å². The van der Waals surface area contributed by atoms with Crippen molar-refractivity contribution in [2.24, 2.45) is 0 Å². The van der Waals surface area contributed by atoms with Gasteiger partial charge in [-0.05, 0) is 69.1 Å². The second-order valence-corrected chi connectivity index (χ2v) is 7.08. The summed E-state index contributed by atoms with van der Waals surface area (Å²) < 4.78 is 5.83. The summed E-state index contributed by atoms with van der Waals surface area (Å²) >= 11 is 5.99. The number of likely N-dealkylation sites (tertiary alicyclic amines) is 1. The molecule has 4 nitrogen and oxygen atoms in total. The van der Waals surface area contributed by atoms with Gasteiger partial charge in [0, 0.05) is 18.0 Å². The van der Waals surface area contributed by atoms with Crippen molar-refractivity contribution in [3.63, 3.8) is 0 Å². The highest BCUT2D eigenvalue weighted by atomic mass is 35.5. The third-order valence-corrected chi connectivity index (χ3v) is 4.93. The smallest absolute Gasteiger partial charge is 0.220 e. The van der Waals surface area contributed by atoms with Crippen molar-refractivity contribution in [1.29, 1.82) is 0 Å². The first-order valence-electron chi connectivity index (χ1n) is 8.93. The lowest BCUT2D eigenvalue weighted by molar-refractivity contribution is -0.121. The van der Waals surface area contributed by atoms with E-state index in [-0.39, 0.29) is 11.9 Å². The Kier molecular flexibility index (Phi) is 6.16. The Morgan fingerprint density at radius 1 is 1.28 bits per heavy atom. The average Bonchev–Trinajstić information content (AvgIpc) is 3.26. The molecule has 5 heteroatoms. The van der Waals surface area contributed by atoms with Crippen molar-refractivity contribution in [2.45, 2.75) is 38.6 Å². The molecule has 1 aliphatic heterocycles. The maximum Gasteiger partial charge on any atom is 0.220 e. The second kappa shape index (κ2) is 8.54. The summed E-state index contributed by atoms with van der Waals surface area (Å²) in [6.45, 7) is 4.65. The second-order valence-electron chi connectivity index (χ2n) is 6.64. The number of aryl methyl sites for hydroxylation is 2. The zero-order valence-electron chi connectivity index (χ0n) is 14.6. The molecule has 1 amide bonds. The molecule has 1 aromatic heterocycles. The standard InChI is InChI=1S/C20H25ClN2O2/c1-15-7-9-19(25-15)18(23-11-2-3-12-23)14-22-20(24)10-8-16-5-4-6-17(21)13-16/h4-7,9,13,18H,2-3,8,10-12,14H2,1H3,(H,22,24)/t18-/m0/s1. The fourth-order valence-electron chi connectivity index (χ4n) is 3.34. The monoisotopic (exact) mass is 360 g/mol. The molecule has 134 valence electrons. The Hall–Kier alpha value is -1.78. The molecule has 0 aliphatic carbocycles. The Bertz CT molecular complexity index is 707. The van der Waals surface area contributed by atoms with Crippen molar-refractivity contribution in [3.8, 4) is 0 Å². The summed E-state index contributed by atoms with van der Waals surface area (Å²) in [5.41, 5.74) is 1.08. The van der Waals surface area contributed by atoms with Crippen molar-refractivity contribution < 1.29 is 9.21 Å². The topological polar surface area (TPSA) is 45.5 Å². The fraction of sp³-hybridized carbons (Fsp3) is 0.450. The number of nitrogens with one attached hydrogen (secondary N) is 1. The molecule has 0 spiro atoms. The summed E-state index contributed by atoms with van der Waals surface area (Å²) in [5.74, 6) is 1.91. The summed E-state index contributed by atoms with van der Waals surface area (Å²) in [5, 5.41) is 3.79. The van der Waals surface area contributed by atoms with Crippen LogP contribution in [0.2, 0.25) is 5.02 Å². The minimum absolute atomic E-state index is 0.0625. The third kappa shape index (κ3) is 5.10. The molecule has 1 atom stereocenters. The van der Waals surface area contributed by atoms with Crippen molar-refractivity contribution in [2.75, 3.05) is 19.6 Å². The molecule has 2 heterocycles. The minimum atomic E-state index is 0.0625. The minimum Gasteiger partial charge on any atom is -0.465 e. The van der Waals surface area contributed by atoms with Gasteiger partial charge in [-0.15, -0.1) is 0 Å². The highest BCUT2D eigenvalue weighted by Crippen LogP contribution is 2.26. The molecule has 1 aliphatic rings. The van der Waals surface area contributed by atoms with Crippen LogP contribution in [0, 0.1) is 6.92 Å². The molecule has 2 aromatic rings. The van der Waals surface area contributed by atoms with E-state index in [4.69, 9.17) is 16.0 Å². The molecule has 1 fully saturated rings. The predicted molar refractivity (Wildman–Crippen MR) is 99.8 cm³/mol. The van der Waals surface area contributed by atoms with Crippen LogP contribution in [0.5, 0.6) is 0 Å². The normalized spacial score (nSPS) is 16.1. The lowest BCUT2D eigenvalue weighted by Gasteiger charge is -2.26. The molecule has 1 aromatic carbocycles. The van der Waals surface area contributed by atoms with Gasteiger partial charge in [0.05, 0.1) is 6.04 Å². The first kappa shape index (κ1) is 18.0. The molecule has 0 radical (unpaired) electrons. The Morgan fingerprint density at radius 3 is 2.76 bits per heavy atom. The van der Waals surface area contributed by atoms with Crippen LogP contribution >= 0.6 is 11.6 Å². The molecular weight excluding hydrogens is 336 g/mol. The Labute approximate surface area is 154 Å². The fourth-order valence-corrected chi connectivity index (χ4v) is 3.56. The number of rotatable bonds is 7. The number of carbonyl (C=O) groups excluding carboxylic acids is 1. The van der Waals surface area contributed by atoms with Crippen molar-refractivity contribution >= 4 is 17.5 Å². The predicted octanol–water partition coefficient (Wildman–Crippen LogP) is 4.13. The number of halogens is 1. The molecule has 0 unspecified atom stereocenters. The quantitative estimate of drug-likeness (QED) is 0.807. The van der Waals surface area contributed by atoms with E-state index in [1.54, 1.807) is 0 Å². The largest absolute Gasteiger partial charge is 0.465 e. The molecule has 0 saturated carbocycles. The van der Waals surface area contributed by atoms with Crippen molar-refractivity contribution in [1.82, 2.24) is 10.2 Å². The number of hydrogen-bond donors (Lipinski definition) is 1. The maximum absolute atomic E-state index is 12.3. The van der Waals surface area contributed by atoms with Crippen LogP contribution in [-0.4, -0.2) is 30.4 Å². The number of amides is 1. The van der Waals surface area contributed by atoms with E-state index < -0.39 is 0 Å². The number of carbonyl (C=O) groups is 1. The van der Waals surface area contributed by atoms with Gasteiger partial charge in [0.1, 0.15) is 11.5 Å². The van der Waals surface area contributed by atoms with E-state index in [2.05, 4.69) is 10.2 Å². The molecule has 3 rings (SSSR count). The lowest BCUT2D eigenvalue weighted by Crippen LogP contribution is -2.36. The molecule has 1 saturated heterocycles. The van der Waals surface area contributed by atoms with Crippen LogP contribution in [0.3, 0.4) is 0 Å². The van der Waals surface area contributed by atoms with Crippen molar-refractivity contribution in [3.05, 3.63) is 58.5 Å². The summed E-state index contributed by atoms with van der Waals surface area (Å²) in [4.78, 5) is 14.7. The van der Waals surface area contributed by atoms with Gasteiger partial charge < -0.3 is 9.73 Å². The van der Waals surface area contributed by atoms with E-state index in [9.17, 15) is 4.79 Å². The summed E-state index contributed by atoms with van der Waals surface area (Å²) in [7, 11) is 0. The number of nitrogens with zero attached hydrogens (tertiary/aromatic N) is 1. The van der Waals surface area contributed by atoms with Gasteiger partial charge in [-0.1, -0.05) is 23.7 Å². The zero-order chi connectivity index (χ0) is 17.6. The Balaban J connectivity index is 1.54. The van der Waals surface area contributed by atoms with E-state index in [0.717, 1.165) is 30.2 Å². The van der Waals surface area contributed by atoms with Crippen LogP contribution in [-0.2, 0) is 11.2 Å². The highest BCUT2D eigenvalue weighted by Gasteiger charge is 2.26. The lowest BCUT2D eigenvalue weighted by atomic mass is 10.1. The van der Waals surface area contributed by atoms with E-state index in [0.29, 0.717) is 24.4 Å². The first-order chi connectivity index (χ1) is 12.1. The van der Waals surface area contributed by atoms with Gasteiger partial charge in [0.25, 0.3) is 0 Å².